The van der Waals surface area contributed by atoms with Crippen LogP contribution >= 0.6 is 11.6 Å². The Morgan fingerprint density at radius 1 is 1.38 bits per heavy atom. The standard InChI is InChI=1S/C12H17ClN2O/c1-12(2)6-3-9(4-7-12)16-10-5-8-14-11(13)15-10/h5,8-9H,3-4,6-7H2,1-2H3. The lowest BCUT2D eigenvalue weighted by atomic mass is 9.76. The van der Waals surface area contributed by atoms with Gasteiger partial charge in [0.15, 0.2) is 0 Å². The minimum absolute atomic E-state index is 0.244. The Hall–Kier alpha value is -0.830. The molecule has 0 unspecified atom stereocenters. The Labute approximate surface area is 101 Å². The second-order valence-electron chi connectivity index (χ2n) is 5.15. The molecule has 0 amide bonds. The first kappa shape index (κ1) is 11.6. The smallest absolute Gasteiger partial charge is 0.225 e. The summed E-state index contributed by atoms with van der Waals surface area (Å²) in [6, 6.07) is 1.76. The van der Waals surface area contributed by atoms with Gasteiger partial charge in [0, 0.05) is 12.3 Å². The molecule has 0 atom stereocenters. The largest absolute Gasteiger partial charge is 0.474 e. The van der Waals surface area contributed by atoms with Crippen molar-refractivity contribution in [3.8, 4) is 5.88 Å². The lowest BCUT2D eigenvalue weighted by Crippen LogP contribution is -2.28. The van der Waals surface area contributed by atoms with Crippen molar-refractivity contribution in [2.75, 3.05) is 0 Å². The zero-order valence-electron chi connectivity index (χ0n) is 9.74. The van der Waals surface area contributed by atoms with Crippen molar-refractivity contribution >= 4 is 11.6 Å². The van der Waals surface area contributed by atoms with Gasteiger partial charge in [-0.25, -0.2) is 4.98 Å². The van der Waals surface area contributed by atoms with E-state index in [0.29, 0.717) is 11.3 Å². The first-order valence-electron chi connectivity index (χ1n) is 5.70. The third kappa shape index (κ3) is 3.08. The summed E-state index contributed by atoms with van der Waals surface area (Å²) in [5, 5.41) is 0.244. The van der Waals surface area contributed by atoms with Crippen LogP contribution in [-0.2, 0) is 0 Å². The van der Waals surface area contributed by atoms with Gasteiger partial charge in [0.25, 0.3) is 0 Å². The summed E-state index contributed by atoms with van der Waals surface area (Å²) in [6.07, 6.45) is 6.49. The van der Waals surface area contributed by atoms with Gasteiger partial charge in [-0.1, -0.05) is 13.8 Å². The van der Waals surface area contributed by atoms with Gasteiger partial charge in [0.2, 0.25) is 11.2 Å². The molecule has 1 heterocycles. The highest BCUT2D eigenvalue weighted by Gasteiger charge is 2.27. The molecule has 16 heavy (non-hydrogen) atoms. The molecule has 88 valence electrons. The Morgan fingerprint density at radius 2 is 2.06 bits per heavy atom. The Kier molecular flexibility index (Phi) is 3.33. The second-order valence-corrected chi connectivity index (χ2v) is 5.48. The van der Waals surface area contributed by atoms with E-state index in [2.05, 4.69) is 23.8 Å². The lowest BCUT2D eigenvalue weighted by Gasteiger charge is -2.34. The summed E-state index contributed by atoms with van der Waals surface area (Å²) in [7, 11) is 0. The van der Waals surface area contributed by atoms with E-state index in [4.69, 9.17) is 16.3 Å². The molecule has 1 aliphatic carbocycles. The molecule has 0 aromatic carbocycles. The maximum atomic E-state index is 5.79. The Morgan fingerprint density at radius 3 is 2.69 bits per heavy atom. The van der Waals surface area contributed by atoms with Crippen LogP contribution in [-0.4, -0.2) is 16.1 Å². The Balaban J connectivity index is 1.92. The third-order valence-electron chi connectivity index (χ3n) is 3.17. The van der Waals surface area contributed by atoms with E-state index in [1.807, 2.05) is 0 Å². The van der Waals surface area contributed by atoms with Crippen LogP contribution in [0.1, 0.15) is 39.5 Å². The molecule has 1 fully saturated rings. The molecule has 0 aliphatic heterocycles. The van der Waals surface area contributed by atoms with Crippen molar-refractivity contribution < 1.29 is 4.74 Å². The van der Waals surface area contributed by atoms with Gasteiger partial charge >= 0.3 is 0 Å². The molecule has 2 rings (SSSR count). The average Bonchev–Trinajstić information content (AvgIpc) is 2.21. The summed E-state index contributed by atoms with van der Waals surface area (Å²) < 4.78 is 5.79. The van der Waals surface area contributed by atoms with Crippen molar-refractivity contribution in [3.05, 3.63) is 17.5 Å². The minimum atomic E-state index is 0.244. The molecule has 0 radical (unpaired) electrons. The topological polar surface area (TPSA) is 35.0 Å². The van der Waals surface area contributed by atoms with Gasteiger partial charge in [-0.05, 0) is 42.7 Å². The van der Waals surface area contributed by atoms with Crippen LogP contribution in [0.5, 0.6) is 5.88 Å². The maximum Gasteiger partial charge on any atom is 0.225 e. The van der Waals surface area contributed by atoms with Crippen molar-refractivity contribution in [2.45, 2.75) is 45.6 Å². The van der Waals surface area contributed by atoms with Crippen molar-refractivity contribution in [1.29, 1.82) is 0 Å². The van der Waals surface area contributed by atoms with Crippen molar-refractivity contribution in [2.24, 2.45) is 5.41 Å². The fraction of sp³-hybridized carbons (Fsp3) is 0.667. The minimum Gasteiger partial charge on any atom is -0.474 e. The van der Waals surface area contributed by atoms with E-state index in [-0.39, 0.29) is 11.4 Å². The van der Waals surface area contributed by atoms with Gasteiger partial charge in [-0.2, -0.15) is 4.98 Å². The number of ether oxygens (including phenoxy) is 1. The van der Waals surface area contributed by atoms with Crippen LogP contribution in [0.3, 0.4) is 0 Å². The molecule has 1 aromatic heterocycles. The number of hydrogen-bond acceptors (Lipinski definition) is 3. The molecule has 0 saturated heterocycles. The van der Waals surface area contributed by atoms with Crippen molar-refractivity contribution in [1.82, 2.24) is 9.97 Å². The number of aromatic nitrogens is 2. The van der Waals surface area contributed by atoms with Crippen LogP contribution in [0.2, 0.25) is 5.28 Å². The van der Waals surface area contributed by atoms with E-state index in [1.165, 1.54) is 12.8 Å². The third-order valence-corrected chi connectivity index (χ3v) is 3.36. The number of halogens is 1. The van der Waals surface area contributed by atoms with E-state index < -0.39 is 0 Å². The van der Waals surface area contributed by atoms with Crippen molar-refractivity contribution in [3.63, 3.8) is 0 Å². The summed E-state index contributed by atoms with van der Waals surface area (Å²) in [5.74, 6) is 0.588. The molecule has 0 N–H and O–H groups in total. The normalized spacial score (nSPS) is 20.7. The number of rotatable bonds is 2. The van der Waals surface area contributed by atoms with Gasteiger partial charge in [0.05, 0.1) is 0 Å². The van der Waals surface area contributed by atoms with E-state index in [9.17, 15) is 0 Å². The average molecular weight is 241 g/mol. The predicted octanol–water partition coefficient (Wildman–Crippen LogP) is 3.48. The zero-order chi connectivity index (χ0) is 11.6. The van der Waals surface area contributed by atoms with Crippen LogP contribution < -0.4 is 4.74 Å². The summed E-state index contributed by atoms with van der Waals surface area (Å²) in [4.78, 5) is 7.87. The van der Waals surface area contributed by atoms with E-state index in [0.717, 1.165) is 12.8 Å². The van der Waals surface area contributed by atoms with Crippen LogP contribution in [0.15, 0.2) is 12.3 Å². The number of nitrogens with zero attached hydrogens (tertiary/aromatic N) is 2. The highest BCUT2D eigenvalue weighted by atomic mass is 35.5. The van der Waals surface area contributed by atoms with Crippen LogP contribution in [0.25, 0.3) is 0 Å². The molecule has 1 aliphatic rings. The summed E-state index contributed by atoms with van der Waals surface area (Å²) in [5.41, 5.74) is 0.461. The summed E-state index contributed by atoms with van der Waals surface area (Å²) >= 11 is 5.71. The predicted molar refractivity (Wildman–Crippen MR) is 63.7 cm³/mol. The Bertz CT molecular complexity index is 358. The lowest BCUT2D eigenvalue weighted by molar-refractivity contribution is 0.0948. The van der Waals surface area contributed by atoms with E-state index >= 15 is 0 Å². The molecule has 1 saturated carbocycles. The van der Waals surface area contributed by atoms with Gasteiger partial charge in [-0.3, -0.25) is 0 Å². The van der Waals surface area contributed by atoms with E-state index in [1.54, 1.807) is 12.3 Å². The summed E-state index contributed by atoms with van der Waals surface area (Å²) in [6.45, 7) is 4.62. The highest BCUT2D eigenvalue weighted by molar-refractivity contribution is 6.28. The van der Waals surface area contributed by atoms with Crippen LogP contribution in [0.4, 0.5) is 0 Å². The molecule has 0 bridgehead atoms. The fourth-order valence-electron chi connectivity index (χ4n) is 2.05. The zero-order valence-corrected chi connectivity index (χ0v) is 10.5. The SMILES string of the molecule is CC1(C)CCC(Oc2ccnc(Cl)n2)CC1. The van der Waals surface area contributed by atoms with Gasteiger partial charge < -0.3 is 4.74 Å². The van der Waals surface area contributed by atoms with Gasteiger partial charge in [-0.15, -0.1) is 0 Å². The second kappa shape index (κ2) is 4.58. The quantitative estimate of drug-likeness (QED) is 0.743. The van der Waals surface area contributed by atoms with Crippen LogP contribution in [0, 0.1) is 5.41 Å². The molecule has 3 nitrogen and oxygen atoms in total. The maximum absolute atomic E-state index is 5.79. The molecule has 0 spiro atoms. The molecule has 4 heteroatoms. The number of hydrogen-bond donors (Lipinski definition) is 0. The molecular weight excluding hydrogens is 224 g/mol. The fourth-order valence-corrected chi connectivity index (χ4v) is 2.19. The monoisotopic (exact) mass is 240 g/mol. The first-order chi connectivity index (χ1) is 7.55. The first-order valence-corrected chi connectivity index (χ1v) is 6.08. The molecule has 1 aromatic rings. The highest BCUT2D eigenvalue weighted by Crippen LogP contribution is 2.36. The van der Waals surface area contributed by atoms with Gasteiger partial charge in [0.1, 0.15) is 6.10 Å². The molecular formula is C12H17ClN2O.